The Morgan fingerprint density at radius 1 is 1.39 bits per heavy atom. The molecule has 1 saturated heterocycles. The van der Waals surface area contributed by atoms with Crippen molar-refractivity contribution >= 4 is 5.91 Å². The molecule has 0 saturated carbocycles. The minimum atomic E-state index is -0.294. The van der Waals surface area contributed by atoms with Crippen molar-refractivity contribution in [1.29, 1.82) is 0 Å². The predicted molar refractivity (Wildman–Crippen MR) is 73.5 cm³/mol. The van der Waals surface area contributed by atoms with Crippen molar-refractivity contribution in [3.63, 3.8) is 0 Å². The van der Waals surface area contributed by atoms with Crippen LogP contribution in [0, 0.1) is 5.41 Å². The predicted octanol–water partition coefficient (Wildman–Crippen LogP) is 1.70. The third-order valence-electron chi connectivity index (χ3n) is 3.73. The molecular weight excluding hydrogens is 228 g/mol. The highest BCUT2D eigenvalue weighted by Gasteiger charge is 2.40. The van der Waals surface area contributed by atoms with Gasteiger partial charge in [0.1, 0.15) is 0 Å². The van der Waals surface area contributed by atoms with Crippen LogP contribution in [0.3, 0.4) is 0 Å². The first-order chi connectivity index (χ1) is 8.46. The Kier molecular flexibility index (Phi) is 5.60. The van der Waals surface area contributed by atoms with Gasteiger partial charge in [0.2, 0.25) is 5.91 Å². The highest BCUT2D eigenvalue weighted by atomic mass is 16.5. The van der Waals surface area contributed by atoms with Crippen molar-refractivity contribution in [2.45, 2.75) is 52.0 Å². The van der Waals surface area contributed by atoms with Crippen LogP contribution in [0.1, 0.15) is 46.5 Å². The Labute approximate surface area is 111 Å². The molecule has 18 heavy (non-hydrogen) atoms. The topological polar surface area (TPSA) is 50.4 Å². The van der Waals surface area contributed by atoms with Crippen LogP contribution in [0.25, 0.3) is 0 Å². The van der Waals surface area contributed by atoms with Gasteiger partial charge in [-0.2, -0.15) is 0 Å². The molecular formula is C14H28N2O2. The van der Waals surface area contributed by atoms with Gasteiger partial charge in [0.05, 0.1) is 17.6 Å². The summed E-state index contributed by atoms with van der Waals surface area (Å²) < 4.78 is 5.16. The molecule has 1 rings (SSSR count). The van der Waals surface area contributed by atoms with E-state index in [0.717, 1.165) is 38.8 Å². The van der Waals surface area contributed by atoms with E-state index in [1.165, 1.54) is 0 Å². The van der Waals surface area contributed by atoms with Gasteiger partial charge in [0.25, 0.3) is 0 Å². The van der Waals surface area contributed by atoms with Crippen LogP contribution in [0.2, 0.25) is 0 Å². The van der Waals surface area contributed by atoms with E-state index in [4.69, 9.17) is 4.74 Å². The number of carbonyl (C=O) groups is 1. The summed E-state index contributed by atoms with van der Waals surface area (Å²) in [4.78, 5) is 12.6. The SMILES string of the molecule is CCCC1(C(=O)NC(C)(C)COC)CCNCC1. The second kappa shape index (κ2) is 6.53. The van der Waals surface area contributed by atoms with Gasteiger partial charge in [-0.3, -0.25) is 4.79 Å². The Hall–Kier alpha value is -0.610. The van der Waals surface area contributed by atoms with Gasteiger partial charge in [0.15, 0.2) is 0 Å². The van der Waals surface area contributed by atoms with E-state index in [1.54, 1.807) is 7.11 Å². The zero-order chi connectivity index (χ0) is 13.6. The third kappa shape index (κ3) is 3.95. The molecule has 0 spiro atoms. The fraction of sp³-hybridized carbons (Fsp3) is 0.929. The molecule has 1 fully saturated rings. The Morgan fingerprint density at radius 2 is 2.00 bits per heavy atom. The molecule has 0 aromatic carbocycles. The molecule has 0 radical (unpaired) electrons. The van der Waals surface area contributed by atoms with E-state index in [2.05, 4.69) is 17.6 Å². The molecule has 106 valence electrons. The number of nitrogens with one attached hydrogen (secondary N) is 2. The fourth-order valence-electron chi connectivity index (χ4n) is 2.81. The number of carbonyl (C=O) groups excluding carboxylic acids is 1. The molecule has 0 aliphatic carbocycles. The second-order valence-corrected chi connectivity index (χ2v) is 6.05. The summed E-state index contributed by atoms with van der Waals surface area (Å²) in [7, 11) is 1.67. The van der Waals surface area contributed by atoms with E-state index in [-0.39, 0.29) is 16.9 Å². The lowest BCUT2D eigenvalue weighted by atomic mass is 9.74. The van der Waals surface area contributed by atoms with Crippen LogP contribution in [-0.2, 0) is 9.53 Å². The summed E-state index contributed by atoms with van der Waals surface area (Å²) in [6, 6.07) is 0. The van der Waals surface area contributed by atoms with E-state index in [9.17, 15) is 4.79 Å². The maximum atomic E-state index is 12.6. The highest BCUT2D eigenvalue weighted by Crippen LogP contribution is 2.34. The van der Waals surface area contributed by atoms with E-state index in [0.29, 0.717) is 6.61 Å². The van der Waals surface area contributed by atoms with Crippen LogP contribution in [0.15, 0.2) is 0 Å². The monoisotopic (exact) mass is 256 g/mol. The molecule has 4 nitrogen and oxygen atoms in total. The highest BCUT2D eigenvalue weighted by molar-refractivity contribution is 5.83. The Morgan fingerprint density at radius 3 is 2.50 bits per heavy atom. The van der Waals surface area contributed by atoms with E-state index >= 15 is 0 Å². The van der Waals surface area contributed by atoms with Gasteiger partial charge >= 0.3 is 0 Å². The molecule has 1 aliphatic heterocycles. The zero-order valence-corrected chi connectivity index (χ0v) is 12.3. The number of piperidine rings is 1. The first-order valence-electron chi connectivity index (χ1n) is 6.98. The summed E-state index contributed by atoms with van der Waals surface area (Å²) in [5.74, 6) is 0.202. The van der Waals surface area contributed by atoms with E-state index in [1.807, 2.05) is 13.8 Å². The quantitative estimate of drug-likeness (QED) is 0.760. The molecule has 0 atom stereocenters. The number of hydrogen-bond donors (Lipinski definition) is 2. The van der Waals surface area contributed by atoms with Crippen LogP contribution in [0.5, 0.6) is 0 Å². The summed E-state index contributed by atoms with van der Waals surface area (Å²) in [6.07, 6.45) is 3.91. The Bertz CT molecular complexity index is 265. The van der Waals surface area contributed by atoms with Crippen molar-refractivity contribution in [1.82, 2.24) is 10.6 Å². The number of hydrogen-bond acceptors (Lipinski definition) is 3. The molecule has 1 amide bonds. The van der Waals surface area contributed by atoms with Gasteiger partial charge in [-0.25, -0.2) is 0 Å². The molecule has 1 heterocycles. The minimum Gasteiger partial charge on any atom is -0.382 e. The number of methoxy groups -OCH3 is 1. The maximum absolute atomic E-state index is 12.6. The maximum Gasteiger partial charge on any atom is 0.226 e. The van der Waals surface area contributed by atoms with Gasteiger partial charge in [-0.05, 0) is 46.2 Å². The number of ether oxygens (including phenoxy) is 1. The van der Waals surface area contributed by atoms with Crippen molar-refractivity contribution in [3.05, 3.63) is 0 Å². The van der Waals surface area contributed by atoms with Gasteiger partial charge in [-0.1, -0.05) is 13.3 Å². The van der Waals surface area contributed by atoms with Gasteiger partial charge in [-0.15, -0.1) is 0 Å². The molecule has 0 bridgehead atoms. The average Bonchev–Trinajstić information content (AvgIpc) is 2.29. The smallest absolute Gasteiger partial charge is 0.226 e. The van der Waals surface area contributed by atoms with E-state index < -0.39 is 0 Å². The summed E-state index contributed by atoms with van der Waals surface area (Å²) in [5.41, 5.74) is -0.470. The van der Waals surface area contributed by atoms with Crippen LogP contribution in [0.4, 0.5) is 0 Å². The standard InChI is InChI=1S/C14H28N2O2/c1-5-6-14(7-9-15-10-8-14)12(17)16-13(2,3)11-18-4/h15H,5-11H2,1-4H3,(H,16,17). The molecule has 0 aromatic rings. The van der Waals surface area contributed by atoms with Crippen LogP contribution in [-0.4, -0.2) is 38.3 Å². The normalized spacial score (nSPS) is 19.6. The van der Waals surface area contributed by atoms with Crippen molar-refractivity contribution in [2.75, 3.05) is 26.8 Å². The Balaban J connectivity index is 2.70. The largest absolute Gasteiger partial charge is 0.382 e. The van der Waals surface area contributed by atoms with Crippen LogP contribution < -0.4 is 10.6 Å². The lowest BCUT2D eigenvalue weighted by Gasteiger charge is -2.39. The number of rotatable bonds is 6. The number of amides is 1. The lowest BCUT2D eigenvalue weighted by molar-refractivity contribution is -0.135. The van der Waals surface area contributed by atoms with Crippen molar-refractivity contribution < 1.29 is 9.53 Å². The van der Waals surface area contributed by atoms with Gasteiger partial charge in [0, 0.05) is 7.11 Å². The summed E-state index contributed by atoms with van der Waals surface area (Å²) in [5, 5.41) is 6.50. The summed E-state index contributed by atoms with van der Waals surface area (Å²) >= 11 is 0. The minimum absolute atomic E-state index is 0.176. The molecule has 1 aliphatic rings. The second-order valence-electron chi connectivity index (χ2n) is 6.05. The fourth-order valence-corrected chi connectivity index (χ4v) is 2.81. The molecule has 0 unspecified atom stereocenters. The first kappa shape index (κ1) is 15.4. The van der Waals surface area contributed by atoms with Crippen molar-refractivity contribution in [2.24, 2.45) is 5.41 Å². The third-order valence-corrected chi connectivity index (χ3v) is 3.73. The molecule has 4 heteroatoms. The molecule has 2 N–H and O–H groups in total. The zero-order valence-electron chi connectivity index (χ0n) is 12.3. The first-order valence-corrected chi connectivity index (χ1v) is 6.98. The van der Waals surface area contributed by atoms with Crippen molar-refractivity contribution in [3.8, 4) is 0 Å². The lowest BCUT2D eigenvalue weighted by Crippen LogP contribution is -2.55. The van der Waals surface area contributed by atoms with Crippen LogP contribution >= 0.6 is 0 Å². The van der Waals surface area contributed by atoms with Gasteiger partial charge < -0.3 is 15.4 Å². The summed E-state index contributed by atoms with van der Waals surface area (Å²) in [6.45, 7) is 8.59. The average molecular weight is 256 g/mol. The molecule has 0 aromatic heterocycles.